The highest BCUT2D eigenvalue weighted by molar-refractivity contribution is 5.80. The molecule has 2 fully saturated rings. The van der Waals surface area contributed by atoms with E-state index >= 15 is 0 Å². The Kier molecular flexibility index (Phi) is 4.15. The average molecular weight is 344 g/mol. The molecule has 134 valence electrons. The van der Waals surface area contributed by atoms with Gasteiger partial charge in [-0.05, 0) is 43.9 Å². The largest absolute Gasteiger partial charge is 0.420 e. The third kappa shape index (κ3) is 3.23. The molecule has 2 aromatic rings. The first-order chi connectivity index (χ1) is 12.0. The molecule has 4 rings (SSSR count). The van der Waals surface area contributed by atoms with Gasteiger partial charge in [-0.25, -0.2) is 4.79 Å². The summed E-state index contributed by atoms with van der Waals surface area (Å²) in [6.45, 7) is 2.48. The fourth-order valence-electron chi connectivity index (χ4n) is 4.22. The summed E-state index contributed by atoms with van der Waals surface area (Å²) in [6, 6.07) is 5.54. The van der Waals surface area contributed by atoms with Crippen molar-refractivity contribution in [1.29, 1.82) is 0 Å². The number of nitrogens with zero attached hydrogens (tertiary/aromatic N) is 1. The minimum Gasteiger partial charge on any atom is -0.408 e. The van der Waals surface area contributed by atoms with Crippen LogP contribution in [-0.2, 0) is 16.1 Å². The number of oxazole rings is 1. The third-order valence-electron chi connectivity index (χ3n) is 5.46. The van der Waals surface area contributed by atoms with E-state index in [1.165, 1.54) is 23.8 Å². The minimum absolute atomic E-state index is 0.0289. The smallest absolute Gasteiger partial charge is 0.408 e. The van der Waals surface area contributed by atoms with Crippen LogP contribution in [0.3, 0.4) is 0 Å². The van der Waals surface area contributed by atoms with Crippen LogP contribution in [0.1, 0.15) is 44.1 Å². The van der Waals surface area contributed by atoms with Crippen LogP contribution in [0.25, 0.3) is 11.1 Å². The van der Waals surface area contributed by atoms with Gasteiger partial charge in [-0.3, -0.25) is 9.36 Å². The highest BCUT2D eigenvalue weighted by Crippen LogP contribution is 2.39. The van der Waals surface area contributed by atoms with E-state index in [1.54, 1.807) is 6.07 Å². The van der Waals surface area contributed by atoms with Crippen molar-refractivity contribution < 1.29 is 13.9 Å². The van der Waals surface area contributed by atoms with Crippen LogP contribution in [0, 0.1) is 6.92 Å². The molecule has 1 atom stereocenters. The number of nitrogens with one attached hydrogen (secondary N) is 1. The van der Waals surface area contributed by atoms with Crippen molar-refractivity contribution in [3.8, 4) is 0 Å². The van der Waals surface area contributed by atoms with Crippen molar-refractivity contribution in [3.63, 3.8) is 0 Å². The average Bonchev–Trinajstić information content (AvgIpc) is 3.10. The summed E-state index contributed by atoms with van der Waals surface area (Å²) in [5.74, 6) is -0.671. The Balaban J connectivity index is 1.44. The number of hydrogen-bond acceptors (Lipinski definition) is 4. The minimum atomic E-state index is -0.498. The second-order valence-corrected chi connectivity index (χ2v) is 7.45. The molecule has 25 heavy (non-hydrogen) atoms. The van der Waals surface area contributed by atoms with Gasteiger partial charge in [0.15, 0.2) is 5.58 Å². The summed E-state index contributed by atoms with van der Waals surface area (Å²) < 4.78 is 12.6. The molecule has 1 saturated carbocycles. The maximum absolute atomic E-state index is 12.5. The van der Waals surface area contributed by atoms with Crippen molar-refractivity contribution in [3.05, 3.63) is 34.3 Å². The Bertz CT molecular complexity index is 845. The van der Waals surface area contributed by atoms with E-state index in [-0.39, 0.29) is 24.1 Å². The number of aryl methyl sites for hydroxylation is 1. The first-order valence-corrected chi connectivity index (χ1v) is 9.08. The predicted molar refractivity (Wildman–Crippen MR) is 93.5 cm³/mol. The van der Waals surface area contributed by atoms with Crippen molar-refractivity contribution in [2.75, 3.05) is 6.61 Å². The standard InChI is InChI=1S/C19H24N2O4/c1-13-5-6-16-15(9-13)21(18(23)25-16)11-17(22)20-14-10-19(24-12-14)7-3-2-4-8-19/h5-6,9,14H,2-4,7-8,10-12H2,1H3,(H,20,22). The first-order valence-electron chi connectivity index (χ1n) is 9.08. The number of carbonyl (C=O) groups is 1. The van der Waals surface area contributed by atoms with Gasteiger partial charge in [0.05, 0.1) is 23.8 Å². The lowest BCUT2D eigenvalue weighted by atomic mass is 9.82. The molecule has 2 aliphatic rings. The Labute approximate surface area is 146 Å². The molecule has 1 aliphatic heterocycles. The lowest BCUT2D eigenvalue weighted by Crippen LogP contribution is -2.40. The van der Waals surface area contributed by atoms with Gasteiger partial charge < -0.3 is 14.5 Å². The molecule has 1 aromatic heterocycles. The van der Waals surface area contributed by atoms with Crippen molar-refractivity contribution in [2.45, 2.75) is 63.6 Å². The fourth-order valence-corrected chi connectivity index (χ4v) is 4.22. The molecule has 1 aromatic carbocycles. The highest BCUT2D eigenvalue weighted by Gasteiger charge is 2.41. The third-order valence-corrected chi connectivity index (χ3v) is 5.46. The molecule has 1 saturated heterocycles. The number of fused-ring (bicyclic) bond motifs is 1. The number of rotatable bonds is 3. The van der Waals surface area contributed by atoms with Gasteiger partial charge >= 0.3 is 5.76 Å². The Morgan fingerprint density at radius 1 is 1.32 bits per heavy atom. The van der Waals surface area contributed by atoms with Crippen molar-refractivity contribution in [1.82, 2.24) is 9.88 Å². The van der Waals surface area contributed by atoms with Gasteiger partial charge in [0, 0.05) is 0 Å². The van der Waals surface area contributed by atoms with Crippen LogP contribution >= 0.6 is 0 Å². The van der Waals surface area contributed by atoms with Crippen LogP contribution in [0.4, 0.5) is 0 Å². The van der Waals surface area contributed by atoms with E-state index in [0.29, 0.717) is 17.7 Å². The maximum atomic E-state index is 12.5. The van der Waals surface area contributed by atoms with E-state index in [1.807, 2.05) is 19.1 Å². The number of amides is 1. The van der Waals surface area contributed by atoms with Gasteiger partial charge in [0.1, 0.15) is 6.54 Å². The number of ether oxygens (including phenoxy) is 1. The predicted octanol–water partition coefficient (Wildman–Crippen LogP) is 2.51. The van der Waals surface area contributed by atoms with E-state index in [9.17, 15) is 9.59 Å². The molecule has 1 aliphatic carbocycles. The fraction of sp³-hybridized carbons (Fsp3) is 0.579. The number of hydrogen-bond donors (Lipinski definition) is 1. The molecular weight excluding hydrogens is 320 g/mol. The zero-order valence-electron chi connectivity index (χ0n) is 14.5. The second-order valence-electron chi connectivity index (χ2n) is 7.45. The Morgan fingerprint density at radius 2 is 2.12 bits per heavy atom. The Morgan fingerprint density at radius 3 is 2.92 bits per heavy atom. The van der Waals surface area contributed by atoms with Gasteiger partial charge in [-0.15, -0.1) is 0 Å². The van der Waals surface area contributed by atoms with Crippen LogP contribution in [-0.4, -0.2) is 28.7 Å². The summed E-state index contributed by atoms with van der Waals surface area (Å²) >= 11 is 0. The van der Waals surface area contributed by atoms with Gasteiger partial charge in [0.25, 0.3) is 0 Å². The zero-order valence-corrected chi connectivity index (χ0v) is 14.5. The topological polar surface area (TPSA) is 73.5 Å². The second kappa shape index (κ2) is 6.33. The molecule has 1 unspecified atom stereocenters. The molecule has 1 N–H and O–H groups in total. The van der Waals surface area contributed by atoms with Crippen LogP contribution in [0.5, 0.6) is 0 Å². The van der Waals surface area contributed by atoms with Crippen LogP contribution < -0.4 is 11.1 Å². The first kappa shape index (κ1) is 16.4. The number of benzene rings is 1. The van der Waals surface area contributed by atoms with E-state index in [2.05, 4.69) is 5.32 Å². The highest BCUT2D eigenvalue weighted by atomic mass is 16.5. The molecule has 0 bridgehead atoms. The van der Waals surface area contributed by atoms with Crippen LogP contribution in [0.2, 0.25) is 0 Å². The molecular formula is C19H24N2O4. The molecule has 2 heterocycles. The SMILES string of the molecule is Cc1ccc2oc(=O)n(CC(=O)NC3COC4(CCCCC4)C3)c2c1. The van der Waals surface area contributed by atoms with E-state index in [4.69, 9.17) is 9.15 Å². The van der Waals surface area contributed by atoms with Gasteiger partial charge in [0.2, 0.25) is 5.91 Å². The summed E-state index contributed by atoms with van der Waals surface area (Å²) in [5.41, 5.74) is 2.15. The van der Waals surface area contributed by atoms with E-state index < -0.39 is 5.76 Å². The normalized spacial score (nSPS) is 22.5. The zero-order chi connectivity index (χ0) is 17.4. The number of aromatic nitrogens is 1. The molecule has 6 heteroatoms. The van der Waals surface area contributed by atoms with Gasteiger partial charge in [-0.2, -0.15) is 0 Å². The summed E-state index contributed by atoms with van der Waals surface area (Å²) in [4.78, 5) is 24.5. The molecule has 1 spiro atoms. The lowest BCUT2D eigenvalue weighted by Gasteiger charge is -2.32. The monoisotopic (exact) mass is 344 g/mol. The lowest BCUT2D eigenvalue weighted by molar-refractivity contribution is -0.122. The summed E-state index contributed by atoms with van der Waals surface area (Å²) in [6.07, 6.45) is 6.73. The van der Waals surface area contributed by atoms with E-state index in [0.717, 1.165) is 24.8 Å². The Hall–Kier alpha value is -2.08. The molecule has 6 nitrogen and oxygen atoms in total. The van der Waals surface area contributed by atoms with Crippen LogP contribution in [0.15, 0.2) is 27.4 Å². The molecule has 1 amide bonds. The quantitative estimate of drug-likeness (QED) is 0.928. The van der Waals surface area contributed by atoms with Crippen molar-refractivity contribution >= 4 is 17.0 Å². The summed E-state index contributed by atoms with van der Waals surface area (Å²) in [5, 5.41) is 3.03. The van der Waals surface area contributed by atoms with Gasteiger partial charge in [-0.1, -0.05) is 25.3 Å². The van der Waals surface area contributed by atoms with Crippen molar-refractivity contribution in [2.24, 2.45) is 0 Å². The maximum Gasteiger partial charge on any atom is 0.420 e. The summed E-state index contributed by atoms with van der Waals surface area (Å²) in [7, 11) is 0. The molecule has 0 radical (unpaired) electrons. The number of carbonyl (C=O) groups excluding carboxylic acids is 1.